The Morgan fingerprint density at radius 2 is 2.00 bits per heavy atom. The summed E-state index contributed by atoms with van der Waals surface area (Å²) in [5.74, 6) is 0. The first kappa shape index (κ1) is 8.02. The fourth-order valence-corrected chi connectivity index (χ4v) is 0.947. The highest BCUT2D eigenvalue weighted by Gasteiger charge is 2.03. The van der Waals surface area contributed by atoms with E-state index < -0.39 is 7.95 Å². The first-order valence-electron chi connectivity index (χ1n) is 2.67. The summed E-state index contributed by atoms with van der Waals surface area (Å²) in [4.78, 5) is 0. The molecule has 0 saturated heterocycles. The number of nitrogens with two attached hydrogens (primary N) is 2. The Kier molecular flexibility index (Phi) is 5.18. The molecule has 0 aromatic rings. The summed E-state index contributed by atoms with van der Waals surface area (Å²) < 4.78 is 10.2. The van der Waals surface area contributed by atoms with Gasteiger partial charge in [0.2, 0.25) is 0 Å². The molecular weight excluding hydrogens is 123 g/mol. The summed E-state index contributed by atoms with van der Waals surface area (Å²) in [6.07, 6.45) is 2.44. The third-order valence-electron chi connectivity index (χ3n) is 0.833. The molecule has 0 saturated carbocycles. The summed E-state index contributed by atoms with van der Waals surface area (Å²) in [6, 6.07) is 0. The maximum atomic E-state index is 10.2. The van der Waals surface area contributed by atoms with Crippen LogP contribution in [0.25, 0.3) is 0 Å². The van der Waals surface area contributed by atoms with Crippen LogP contribution < -0.4 is 11.2 Å². The van der Waals surface area contributed by atoms with Crippen molar-refractivity contribution in [1.29, 1.82) is 0 Å². The van der Waals surface area contributed by atoms with Crippen molar-refractivity contribution < 1.29 is 4.57 Å². The van der Waals surface area contributed by atoms with Crippen LogP contribution in [-0.2, 0) is 4.57 Å². The second kappa shape index (κ2) is 5.16. The summed E-state index contributed by atoms with van der Waals surface area (Å²) in [6.45, 7) is 0.670. The Bertz CT molecular complexity index is 76.4. The van der Waals surface area contributed by atoms with E-state index in [-0.39, 0.29) is 0 Å². The Hall–Kier alpha value is 0.0200. The Balaban J connectivity index is 2.82. The molecule has 1 atom stereocenters. The number of hydrogen-bond donors (Lipinski definition) is 2. The minimum absolute atomic E-state index is 0.618. The molecule has 8 heavy (non-hydrogen) atoms. The van der Waals surface area contributed by atoms with Crippen molar-refractivity contribution in [3.05, 3.63) is 0 Å². The van der Waals surface area contributed by atoms with Crippen molar-refractivity contribution in [2.24, 2.45) is 11.2 Å². The van der Waals surface area contributed by atoms with Crippen LogP contribution in [0, 0.1) is 0 Å². The number of unbranched alkanes of at least 4 members (excludes halogenated alkanes) is 1. The largest absolute Gasteiger partial charge is 0.429 e. The first-order valence-corrected chi connectivity index (χ1v) is 4.18. The molecule has 4 N–H and O–H groups in total. The van der Waals surface area contributed by atoms with Gasteiger partial charge in [0.1, 0.15) is 0 Å². The van der Waals surface area contributed by atoms with Crippen molar-refractivity contribution in [2.75, 3.05) is 12.7 Å². The van der Waals surface area contributed by atoms with Crippen molar-refractivity contribution >= 4 is 7.95 Å². The zero-order valence-corrected chi connectivity index (χ0v) is 5.73. The lowest BCUT2D eigenvalue weighted by molar-refractivity contribution is 0.586. The number of hydrogen-bond acceptors (Lipinski definition) is 2. The van der Waals surface area contributed by atoms with Crippen molar-refractivity contribution in [2.45, 2.75) is 12.8 Å². The van der Waals surface area contributed by atoms with E-state index >= 15 is 0 Å². The molecule has 0 aliphatic heterocycles. The predicted octanol–water partition coefficient (Wildman–Crippen LogP) is 0.426. The minimum atomic E-state index is -1.42. The molecule has 3 nitrogen and oxygen atoms in total. The lowest BCUT2D eigenvalue weighted by atomic mass is 10.3. The highest BCUT2D eigenvalue weighted by Crippen LogP contribution is 2.09. The number of rotatable bonds is 4. The molecule has 0 fully saturated rings. The summed E-state index contributed by atoms with van der Waals surface area (Å²) in [5, 5.41) is 0. The SMILES string of the molecule is NCCCC[P+](N)=O. The molecule has 0 heterocycles. The van der Waals surface area contributed by atoms with Gasteiger partial charge < -0.3 is 5.73 Å². The molecule has 0 spiro atoms. The van der Waals surface area contributed by atoms with E-state index in [4.69, 9.17) is 11.2 Å². The van der Waals surface area contributed by atoms with E-state index in [2.05, 4.69) is 0 Å². The minimum Gasteiger partial charge on any atom is -0.330 e. The fraction of sp³-hybridized carbons (Fsp3) is 1.00. The molecule has 0 aromatic heterocycles. The Labute approximate surface area is 50.3 Å². The lowest BCUT2D eigenvalue weighted by Crippen LogP contribution is -1.99. The van der Waals surface area contributed by atoms with Crippen LogP contribution in [0.15, 0.2) is 0 Å². The van der Waals surface area contributed by atoms with Gasteiger partial charge >= 0.3 is 7.95 Å². The standard InChI is InChI=1S/C4H12N2OP/c5-3-1-2-4-8(6)7/h1-5H2,(H2,6,7)/q+1. The van der Waals surface area contributed by atoms with E-state index in [1.54, 1.807) is 0 Å². The van der Waals surface area contributed by atoms with Crippen LogP contribution in [0.5, 0.6) is 0 Å². The molecule has 0 rings (SSSR count). The van der Waals surface area contributed by atoms with Gasteiger partial charge in [-0.05, 0) is 19.4 Å². The normalized spacial score (nSPS) is 11.5. The zero-order chi connectivity index (χ0) is 6.41. The quantitative estimate of drug-likeness (QED) is 0.433. The molecule has 0 radical (unpaired) electrons. The molecular formula is C4H12N2OP+. The van der Waals surface area contributed by atoms with E-state index in [1.807, 2.05) is 0 Å². The lowest BCUT2D eigenvalue weighted by Gasteiger charge is -1.84. The van der Waals surface area contributed by atoms with Crippen LogP contribution in [-0.4, -0.2) is 12.7 Å². The molecule has 0 bridgehead atoms. The van der Waals surface area contributed by atoms with Crippen molar-refractivity contribution in [3.8, 4) is 0 Å². The van der Waals surface area contributed by atoms with Gasteiger partial charge in [0, 0.05) is 0 Å². The average molecular weight is 135 g/mol. The van der Waals surface area contributed by atoms with Gasteiger partial charge in [0.05, 0.1) is 0 Å². The summed E-state index contributed by atoms with van der Waals surface area (Å²) >= 11 is 0. The maximum Gasteiger partial charge on any atom is 0.429 e. The topological polar surface area (TPSA) is 69.1 Å². The van der Waals surface area contributed by atoms with E-state index in [0.29, 0.717) is 12.7 Å². The van der Waals surface area contributed by atoms with Crippen LogP contribution in [0.2, 0.25) is 0 Å². The van der Waals surface area contributed by atoms with E-state index in [1.165, 1.54) is 0 Å². The molecule has 0 aromatic carbocycles. The van der Waals surface area contributed by atoms with Gasteiger partial charge in [-0.2, -0.15) is 0 Å². The highest BCUT2D eigenvalue weighted by atomic mass is 31.1. The second-order valence-corrected chi connectivity index (χ2v) is 2.92. The van der Waals surface area contributed by atoms with Gasteiger partial charge in [-0.1, -0.05) is 4.57 Å². The van der Waals surface area contributed by atoms with Gasteiger partial charge in [-0.25, -0.2) is 0 Å². The zero-order valence-electron chi connectivity index (χ0n) is 4.84. The average Bonchev–Trinajstić information content (AvgIpc) is 1.66. The molecule has 0 amide bonds. The summed E-state index contributed by atoms with van der Waals surface area (Å²) in [7, 11) is -1.42. The molecule has 0 aliphatic carbocycles. The van der Waals surface area contributed by atoms with Gasteiger partial charge in [-0.3, -0.25) is 0 Å². The van der Waals surface area contributed by atoms with Crippen LogP contribution in [0.1, 0.15) is 12.8 Å². The monoisotopic (exact) mass is 135 g/mol. The smallest absolute Gasteiger partial charge is 0.330 e. The summed E-state index contributed by atoms with van der Waals surface area (Å²) in [5.41, 5.74) is 10.2. The van der Waals surface area contributed by atoms with Gasteiger partial charge in [0.25, 0.3) is 0 Å². The predicted molar refractivity (Wildman–Crippen MR) is 34.9 cm³/mol. The Morgan fingerprint density at radius 1 is 1.38 bits per heavy atom. The van der Waals surface area contributed by atoms with Crippen molar-refractivity contribution in [1.82, 2.24) is 0 Å². The van der Waals surface area contributed by atoms with E-state index in [9.17, 15) is 4.57 Å². The van der Waals surface area contributed by atoms with Crippen LogP contribution >= 0.6 is 7.95 Å². The van der Waals surface area contributed by atoms with Crippen LogP contribution in [0.3, 0.4) is 0 Å². The highest BCUT2D eigenvalue weighted by molar-refractivity contribution is 7.41. The second-order valence-electron chi connectivity index (χ2n) is 1.64. The Morgan fingerprint density at radius 3 is 2.38 bits per heavy atom. The molecule has 0 aliphatic rings. The maximum absolute atomic E-state index is 10.2. The molecule has 4 heteroatoms. The third kappa shape index (κ3) is 6.02. The van der Waals surface area contributed by atoms with Crippen molar-refractivity contribution in [3.63, 3.8) is 0 Å². The molecule has 48 valence electrons. The van der Waals surface area contributed by atoms with Gasteiger partial charge in [0.15, 0.2) is 6.16 Å². The van der Waals surface area contributed by atoms with Gasteiger partial charge in [-0.15, -0.1) is 5.50 Å². The first-order chi connectivity index (χ1) is 3.77. The van der Waals surface area contributed by atoms with Crippen LogP contribution in [0.4, 0.5) is 0 Å². The fourth-order valence-electron chi connectivity index (χ4n) is 0.412. The third-order valence-corrected chi connectivity index (χ3v) is 1.59. The molecule has 1 unspecified atom stereocenters. The van der Waals surface area contributed by atoms with E-state index in [0.717, 1.165) is 12.8 Å².